The van der Waals surface area contributed by atoms with Crippen molar-refractivity contribution in [1.82, 2.24) is 15.5 Å². The normalized spacial score (nSPS) is 22.4. The number of nitrogens with two attached hydrogens (primary N) is 1. The molecule has 0 saturated carbocycles. The monoisotopic (exact) mass is 339 g/mol. The van der Waals surface area contributed by atoms with Gasteiger partial charge in [0.15, 0.2) is 5.96 Å². The van der Waals surface area contributed by atoms with E-state index in [1.54, 1.807) is 0 Å². The number of aliphatic imine (C=N–C) groups is 1. The molecule has 0 radical (unpaired) electrons. The number of nitrogens with one attached hydrogen (secondary N) is 2. The number of piperidine rings is 1. The number of carbonyl (C=O) groups is 1. The van der Waals surface area contributed by atoms with E-state index in [9.17, 15) is 4.79 Å². The van der Waals surface area contributed by atoms with Crippen LogP contribution in [0.5, 0.6) is 0 Å². The minimum Gasteiger partial charge on any atom is -0.353 e. The Morgan fingerprint density at radius 3 is 2.80 bits per heavy atom. The van der Waals surface area contributed by atoms with Crippen LogP contribution < -0.4 is 16.4 Å². The molecule has 4 rings (SSSR count). The lowest BCUT2D eigenvalue weighted by molar-refractivity contribution is -0.131. The number of nitrogens with zero attached hydrogens (tertiary/aromatic N) is 2. The van der Waals surface area contributed by atoms with Crippen molar-refractivity contribution < 1.29 is 4.79 Å². The van der Waals surface area contributed by atoms with Gasteiger partial charge in [0.25, 0.3) is 0 Å². The van der Waals surface area contributed by atoms with Gasteiger partial charge in [-0.25, -0.2) is 4.99 Å². The molecule has 1 unspecified atom stereocenters. The van der Waals surface area contributed by atoms with Crippen LogP contribution in [0.15, 0.2) is 41.0 Å². The average Bonchev–Trinajstić information content (AvgIpc) is 3.03. The van der Waals surface area contributed by atoms with Gasteiger partial charge in [-0.3, -0.25) is 4.79 Å². The highest BCUT2D eigenvalue weighted by molar-refractivity contribution is 5.83. The molecule has 1 aromatic rings. The zero-order chi connectivity index (χ0) is 17.2. The van der Waals surface area contributed by atoms with Crippen molar-refractivity contribution in [1.29, 1.82) is 0 Å². The number of carbonyl (C=O) groups excluding carboxylic acids is 1. The largest absolute Gasteiger partial charge is 0.353 e. The number of fused-ring (bicyclic) bond motifs is 2. The molecule has 2 aliphatic heterocycles. The first-order chi connectivity index (χ1) is 12.2. The number of benzene rings is 1. The van der Waals surface area contributed by atoms with Crippen LogP contribution in [-0.4, -0.2) is 48.5 Å². The third-order valence-electron chi connectivity index (χ3n) is 5.28. The minimum atomic E-state index is 0.137. The molecule has 0 bridgehead atoms. The Bertz CT molecular complexity index is 701. The lowest BCUT2D eigenvalue weighted by atomic mass is 9.98. The fraction of sp³-hybridized carbons (Fsp3) is 0.474. The highest BCUT2D eigenvalue weighted by Gasteiger charge is 2.30. The molecule has 1 atom stereocenters. The van der Waals surface area contributed by atoms with Crippen molar-refractivity contribution >= 4 is 11.9 Å². The van der Waals surface area contributed by atoms with E-state index in [2.05, 4.69) is 39.9 Å². The molecule has 25 heavy (non-hydrogen) atoms. The van der Waals surface area contributed by atoms with Crippen LogP contribution in [-0.2, 0) is 17.6 Å². The Kier molecular flexibility index (Phi) is 4.44. The van der Waals surface area contributed by atoms with Crippen LogP contribution in [0.2, 0.25) is 0 Å². The number of amides is 1. The van der Waals surface area contributed by atoms with Crippen LogP contribution in [0.25, 0.3) is 0 Å². The van der Waals surface area contributed by atoms with Gasteiger partial charge in [-0.15, -0.1) is 0 Å². The molecule has 1 amide bonds. The maximum atomic E-state index is 12.0. The molecule has 4 N–H and O–H groups in total. The first kappa shape index (κ1) is 16.1. The summed E-state index contributed by atoms with van der Waals surface area (Å²) in [6, 6.07) is 9.28. The molecule has 6 nitrogen and oxygen atoms in total. The van der Waals surface area contributed by atoms with Gasteiger partial charge in [0.2, 0.25) is 5.91 Å². The van der Waals surface area contributed by atoms with Gasteiger partial charge in [0.05, 0.1) is 6.04 Å². The average molecular weight is 339 g/mol. The van der Waals surface area contributed by atoms with Crippen LogP contribution in [0.3, 0.4) is 0 Å². The van der Waals surface area contributed by atoms with Crippen molar-refractivity contribution in [3.8, 4) is 0 Å². The van der Waals surface area contributed by atoms with Gasteiger partial charge in [-0.05, 0) is 36.0 Å². The van der Waals surface area contributed by atoms with E-state index in [1.165, 1.54) is 16.7 Å². The summed E-state index contributed by atoms with van der Waals surface area (Å²) in [5.74, 6) is 0.992. The van der Waals surface area contributed by atoms with Gasteiger partial charge in [-0.2, -0.15) is 0 Å². The standard InChI is InChI=1S/C19H25N5O/c20-7-5-18(25)24-8-6-17-15(12-24)11-21-19(23-17)22-16-9-13-3-1-2-4-14(13)10-16/h1-4,11,16-17H,5-10,12,20H2,(H2,21,22,23). The van der Waals surface area contributed by atoms with Crippen LogP contribution in [0.1, 0.15) is 24.0 Å². The first-order valence-electron chi connectivity index (χ1n) is 9.07. The third-order valence-corrected chi connectivity index (χ3v) is 5.28. The van der Waals surface area contributed by atoms with Gasteiger partial charge in [0.1, 0.15) is 0 Å². The highest BCUT2D eigenvalue weighted by atomic mass is 16.2. The molecule has 6 heteroatoms. The third kappa shape index (κ3) is 3.39. The summed E-state index contributed by atoms with van der Waals surface area (Å²) in [5, 5.41) is 7.06. The summed E-state index contributed by atoms with van der Waals surface area (Å²) in [6.07, 6.45) is 5.34. The summed E-state index contributed by atoms with van der Waals surface area (Å²) in [4.78, 5) is 18.5. The van der Waals surface area contributed by atoms with Gasteiger partial charge in [0, 0.05) is 38.3 Å². The minimum absolute atomic E-state index is 0.137. The van der Waals surface area contributed by atoms with E-state index >= 15 is 0 Å². The van der Waals surface area contributed by atoms with E-state index in [0.29, 0.717) is 25.6 Å². The zero-order valence-electron chi connectivity index (χ0n) is 14.4. The highest BCUT2D eigenvalue weighted by Crippen LogP contribution is 2.23. The van der Waals surface area contributed by atoms with Crippen molar-refractivity contribution in [2.45, 2.75) is 37.8 Å². The lowest BCUT2D eigenvalue weighted by Crippen LogP contribution is -2.54. The molecule has 2 heterocycles. The lowest BCUT2D eigenvalue weighted by Gasteiger charge is -2.37. The predicted molar refractivity (Wildman–Crippen MR) is 98.1 cm³/mol. The van der Waals surface area contributed by atoms with Crippen molar-refractivity contribution in [3.05, 3.63) is 47.2 Å². The topological polar surface area (TPSA) is 82.8 Å². The molecule has 1 aliphatic carbocycles. The number of likely N-dealkylation sites (tertiary alicyclic amines) is 1. The predicted octanol–water partition coefficient (Wildman–Crippen LogP) is 0.536. The molecule has 132 valence electrons. The Morgan fingerprint density at radius 2 is 2.08 bits per heavy atom. The van der Waals surface area contributed by atoms with E-state index in [-0.39, 0.29) is 11.9 Å². The molecule has 0 aromatic heterocycles. The Balaban J connectivity index is 1.38. The number of guanidine groups is 1. The second kappa shape index (κ2) is 6.88. The fourth-order valence-corrected chi connectivity index (χ4v) is 3.95. The maximum absolute atomic E-state index is 12.0. The number of rotatable bonds is 3. The Labute approximate surface area is 148 Å². The van der Waals surface area contributed by atoms with Gasteiger partial charge < -0.3 is 21.3 Å². The molecule has 1 aromatic carbocycles. The van der Waals surface area contributed by atoms with E-state index in [0.717, 1.165) is 31.8 Å². The summed E-state index contributed by atoms with van der Waals surface area (Å²) < 4.78 is 0. The van der Waals surface area contributed by atoms with Crippen molar-refractivity contribution in [3.63, 3.8) is 0 Å². The molecule has 0 spiro atoms. The van der Waals surface area contributed by atoms with Crippen molar-refractivity contribution in [2.75, 3.05) is 19.6 Å². The van der Waals surface area contributed by atoms with Crippen LogP contribution in [0.4, 0.5) is 0 Å². The molecule has 1 fully saturated rings. The summed E-state index contributed by atoms with van der Waals surface area (Å²) >= 11 is 0. The number of hydrogen-bond acceptors (Lipinski definition) is 5. The number of hydrogen-bond donors (Lipinski definition) is 3. The van der Waals surface area contributed by atoms with Crippen molar-refractivity contribution in [2.24, 2.45) is 10.7 Å². The fourth-order valence-electron chi connectivity index (χ4n) is 3.95. The SMILES string of the molecule is NCCC(=O)N1CCC2NC(NC3Cc4ccccc4C3)=NC=C2C1. The Morgan fingerprint density at radius 1 is 1.32 bits per heavy atom. The van der Waals surface area contributed by atoms with Crippen LogP contribution >= 0.6 is 0 Å². The smallest absolute Gasteiger partial charge is 0.224 e. The zero-order valence-corrected chi connectivity index (χ0v) is 14.4. The second-order valence-electron chi connectivity index (χ2n) is 7.04. The Hall–Kier alpha value is -2.34. The second-order valence-corrected chi connectivity index (χ2v) is 7.04. The van der Waals surface area contributed by atoms with Gasteiger partial charge >= 0.3 is 0 Å². The molecular weight excluding hydrogens is 314 g/mol. The summed E-state index contributed by atoms with van der Waals surface area (Å²) in [7, 11) is 0. The molecular formula is C19H25N5O. The van der Waals surface area contributed by atoms with E-state index < -0.39 is 0 Å². The van der Waals surface area contributed by atoms with E-state index in [4.69, 9.17) is 5.73 Å². The van der Waals surface area contributed by atoms with Gasteiger partial charge in [-0.1, -0.05) is 24.3 Å². The summed E-state index contributed by atoms with van der Waals surface area (Å²) in [6.45, 7) is 1.84. The maximum Gasteiger partial charge on any atom is 0.224 e. The van der Waals surface area contributed by atoms with Crippen LogP contribution in [0, 0.1) is 0 Å². The molecule has 1 saturated heterocycles. The molecule has 3 aliphatic rings. The van der Waals surface area contributed by atoms with E-state index in [1.807, 2.05) is 11.1 Å². The first-order valence-corrected chi connectivity index (χ1v) is 9.07. The quantitative estimate of drug-likeness (QED) is 0.750. The summed E-state index contributed by atoms with van der Waals surface area (Å²) in [5.41, 5.74) is 9.53.